The number of thioether (sulfide) groups is 1. The van der Waals surface area contributed by atoms with Gasteiger partial charge < -0.3 is 10.1 Å². The van der Waals surface area contributed by atoms with Crippen LogP contribution in [0.5, 0.6) is 5.75 Å². The first-order chi connectivity index (χ1) is 21.4. The molecule has 2 heterocycles. The molecule has 0 unspecified atom stereocenters. The van der Waals surface area contributed by atoms with Crippen LogP contribution in [0.15, 0.2) is 119 Å². The van der Waals surface area contributed by atoms with E-state index in [2.05, 4.69) is 15.5 Å². The normalized spacial score (nSPS) is 11.5. The summed E-state index contributed by atoms with van der Waals surface area (Å²) in [7, 11) is -3.95. The minimum absolute atomic E-state index is 0.00999. The number of anilines is 1. The number of carbonyl (C=O) groups excluding carboxylic acids is 1. The second-order valence-electron chi connectivity index (χ2n) is 9.56. The summed E-state index contributed by atoms with van der Waals surface area (Å²) in [6.07, 6.45) is 1.52. The van der Waals surface area contributed by atoms with Crippen molar-refractivity contribution in [2.24, 2.45) is 0 Å². The molecule has 12 heteroatoms. The third kappa shape index (κ3) is 5.69. The number of benzene rings is 4. The number of carbonyl (C=O) groups is 1. The lowest BCUT2D eigenvalue weighted by Gasteiger charge is -2.12. The van der Waals surface area contributed by atoms with E-state index in [1.54, 1.807) is 71.3 Å². The summed E-state index contributed by atoms with van der Waals surface area (Å²) >= 11 is 1.14. The van der Waals surface area contributed by atoms with Gasteiger partial charge in [-0.25, -0.2) is 16.8 Å². The summed E-state index contributed by atoms with van der Waals surface area (Å²) in [4.78, 5) is 13.1. The van der Waals surface area contributed by atoms with E-state index in [4.69, 9.17) is 4.74 Å². The fourth-order valence-electron chi connectivity index (χ4n) is 4.76. The van der Waals surface area contributed by atoms with Crippen LogP contribution < -0.4 is 10.1 Å². The Labute approximate surface area is 257 Å². The summed E-state index contributed by atoms with van der Waals surface area (Å²) in [5, 5.41) is 12.7. The van der Waals surface area contributed by atoms with Gasteiger partial charge in [-0.05, 0) is 61.5 Å². The number of halogens is 1. The Hall–Kier alpha value is -4.94. The molecule has 44 heavy (non-hydrogen) atoms. The molecular weight excluding hydrogens is 602 g/mol. The van der Waals surface area contributed by atoms with Crippen molar-refractivity contribution in [1.82, 2.24) is 18.7 Å². The predicted octanol–water partition coefficient (Wildman–Crippen LogP) is 6.39. The van der Waals surface area contributed by atoms with Gasteiger partial charge in [-0.3, -0.25) is 9.36 Å². The van der Waals surface area contributed by atoms with Crippen molar-refractivity contribution in [1.29, 1.82) is 0 Å². The zero-order valence-electron chi connectivity index (χ0n) is 23.4. The zero-order chi connectivity index (χ0) is 30.7. The summed E-state index contributed by atoms with van der Waals surface area (Å²) in [5.41, 5.74) is 2.05. The SMILES string of the molecule is CCOc1ccccc1NC(=O)CSc1nnc(-c2cn(S(=O)(=O)c3ccccc3)c3ccccc23)n1-c1ccc(F)cc1. The topological polar surface area (TPSA) is 108 Å². The van der Waals surface area contributed by atoms with Crippen LogP contribution in [0.3, 0.4) is 0 Å². The molecule has 0 aliphatic carbocycles. The highest BCUT2D eigenvalue weighted by atomic mass is 32.2. The molecule has 222 valence electrons. The smallest absolute Gasteiger partial charge is 0.268 e. The van der Waals surface area contributed by atoms with Crippen molar-refractivity contribution in [2.75, 3.05) is 17.7 Å². The molecule has 0 bridgehead atoms. The molecule has 0 aliphatic rings. The first-order valence-electron chi connectivity index (χ1n) is 13.6. The van der Waals surface area contributed by atoms with Gasteiger partial charge in [0, 0.05) is 22.8 Å². The number of nitrogens with zero attached hydrogens (tertiary/aromatic N) is 4. The summed E-state index contributed by atoms with van der Waals surface area (Å²) in [6, 6.07) is 28.2. The van der Waals surface area contributed by atoms with Crippen molar-refractivity contribution >= 4 is 44.3 Å². The molecule has 0 saturated heterocycles. The number of ether oxygens (including phenoxy) is 1. The molecule has 0 spiro atoms. The van der Waals surface area contributed by atoms with E-state index in [0.717, 1.165) is 11.8 Å². The first kappa shape index (κ1) is 29.1. The fraction of sp³-hybridized carbons (Fsp3) is 0.0938. The maximum Gasteiger partial charge on any atom is 0.268 e. The lowest BCUT2D eigenvalue weighted by molar-refractivity contribution is -0.113. The molecule has 6 rings (SSSR count). The highest BCUT2D eigenvalue weighted by Crippen LogP contribution is 2.35. The molecule has 0 aliphatic heterocycles. The first-order valence-corrected chi connectivity index (χ1v) is 16.1. The van der Waals surface area contributed by atoms with E-state index in [0.29, 0.717) is 51.2 Å². The molecule has 4 aromatic carbocycles. The molecule has 0 saturated carbocycles. The number of para-hydroxylation sites is 3. The Morgan fingerprint density at radius 2 is 1.61 bits per heavy atom. The largest absolute Gasteiger partial charge is 0.492 e. The van der Waals surface area contributed by atoms with Gasteiger partial charge in [0.25, 0.3) is 10.0 Å². The van der Waals surface area contributed by atoms with Gasteiger partial charge in [0.1, 0.15) is 11.6 Å². The number of nitrogens with one attached hydrogen (secondary N) is 1. The lowest BCUT2D eigenvalue weighted by Crippen LogP contribution is -2.15. The van der Waals surface area contributed by atoms with Crippen LogP contribution in [0.25, 0.3) is 28.0 Å². The Morgan fingerprint density at radius 3 is 2.39 bits per heavy atom. The van der Waals surface area contributed by atoms with Crippen LogP contribution in [0.1, 0.15) is 6.92 Å². The second-order valence-corrected chi connectivity index (χ2v) is 12.3. The molecule has 6 aromatic rings. The Balaban J connectivity index is 1.40. The number of hydrogen-bond donors (Lipinski definition) is 1. The molecule has 0 atom stereocenters. The van der Waals surface area contributed by atoms with Crippen LogP contribution in [-0.4, -0.2) is 45.4 Å². The number of aromatic nitrogens is 4. The van der Waals surface area contributed by atoms with Gasteiger partial charge >= 0.3 is 0 Å². The second kappa shape index (κ2) is 12.3. The number of fused-ring (bicyclic) bond motifs is 1. The number of hydrogen-bond acceptors (Lipinski definition) is 7. The summed E-state index contributed by atoms with van der Waals surface area (Å²) in [6.45, 7) is 2.32. The molecule has 9 nitrogen and oxygen atoms in total. The van der Waals surface area contributed by atoms with Gasteiger partial charge in [0.2, 0.25) is 5.91 Å². The van der Waals surface area contributed by atoms with E-state index in [9.17, 15) is 17.6 Å². The zero-order valence-corrected chi connectivity index (χ0v) is 25.1. The molecule has 2 aromatic heterocycles. The molecule has 0 radical (unpaired) electrons. The van der Waals surface area contributed by atoms with Crippen LogP contribution in [0.4, 0.5) is 10.1 Å². The Kier molecular flexibility index (Phi) is 8.18. The van der Waals surface area contributed by atoms with E-state index in [1.807, 2.05) is 19.1 Å². The van der Waals surface area contributed by atoms with Crippen molar-refractivity contribution in [3.05, 3.63) is 115 Å². The van der Waals surface area contributed by atoms with Crippen molar-refractivity contribution in [2.45, 2.75) is 17.0 Å². The minimum Gasteiger partial charge on any atom is -0.492 e. The Morgan fingerprint density at radius 1 is 0.909 bits per heavy atom. The van der Waals surface area contributed by atoms with Gasteiger partial charge in [-0.2, -0.15) is 0 Å². The average molecular weight is 628 g/mol. The average Bonchev–Trinajstić information content (AvgIpc) is 3.64. The third-order valence-electron chi connectivity index (χ3n) is 6.73. The fourth-order valence-corrected chi connectivity index (χ4v) is 6.90. The van der Waals surface area contributed by atoms with Crippen molar-refractivity contribution in [3.8, 4) is 22.8 Å². The van der Waals surface area contributed by atoms with Gasteiger partial charge in [-0.15, -0.1) is 10.2 Å². The summed E-state index contributed by atoms with van der Waals surface area (Å²) < 4.78 is 49.9. The monoisotopic (exact) mass is 627 g/mol. The van der Waals surface area contributed by atoms with E-state index >= 15 is 0 Å². The standard InChI is InChI=1S/C32H26FN5O4S2/c1-2-42-29-15-9-7-13-27(29)34-30(39)21-43-32-36-35-31(38(32)23-18-16-22(33)17-19-23)26-20-37(28-14-8-6-12-25(26)28)44(40,41)24-10-4-3-5-11-24/h3-20H,2,21H2,1H3,(H,34,39). The number of amides is 1. The maximum atomic E-state index is 13.9. The van der Waals surface area contributed by atoms with Crippen molar-refractivity contribution in [3.63, 3.8) is 0 Å². The lowest BCUT2D eigenvalue weighted by atomic mass is 10.1. The Bertz CT molecular complexity index is 2060. The molecular formula is C32H26FN5O4S2. The molecule has 1 N–H and O–H groups in total. The van der Waals surface area contributed by atoms with E-state index in [1.165, 1.54) is 34.4 Å². The van der Waals surface area contributed by atoms with Crippen LogP contribution in [-0.2, 0) is 14.8 Å². The highest BCUT2D eigenvalue weighted by molar-refractivity contribution is 7.99. The van der Waals surface area contributed by atoms with Crippen molar-refractivity contribution < 1.29 is 22.3 Å². The maximum absolute atomic E-state index is 13.9. The van der Waals surface area contributed by atoms with Gasteiger partial charge in [0.05, 0.1) is 28.5 Å². The molecule has 0 fully saturated rings. The van der Waals surface area contributed by atoms with E-state index in [-0.39, 0.29) is 16.6 Å². The van der Waals surface area contributed by atoms with Crippen LogP contribution in [0, 0.1) is 5.82 Å². The predicted molar refractivity (Wildman–Crippen MR) is 168 cm³/mol. The highest BCUT2D eigenvalue weighted by Gasteiger charge is 2.25. The number of rotatable bonds is 10. The minimum atomic E-state index is -3.95. The van der Waals surface area contributed by atoms with Gasteiger partial charge in [0.15, 0.2) is 11.0 Å². The van der Waals surface area contributed by atoms with Crippen LogP contribution >= 0.6 is 11.8 Å². The van der Waals surface area contributed by atoms with E-state index < -0.39 is 15.8 Å². The van der Waals surface area contributed by atoms with Crippen LogP contribution in [0.2, 0.25) is 0 Å². The van der Waals surface area contributed by atoms with Gasteiger partial charge in [-0.1, -0.05) is 60.3 Å². The molecule has 1 amide bonds. The quantitative estimate of drug-likeness (QED) is 0.175. The third-order valence-corrected chi connectivity index (χ3v) is 9.35. The summed E-state index contributed by atoms with van der Waals surface area (Å²) in [5.74, 6) is 0.175.